The van der Waals surface area contributed by atoms with Crippen LogP contribution in [0.1, 0.15) is 58.3 Å². The van der Waals surface area contributed by atoms with E-state index in [1.165, 1.54) is 32.1 Å². The van der Waals surface area contributed by atoms with Gasteiger partial charge in [0.2, 0.25) is 0 Å². The van der Waals surface area contributed by atoms with E-state index in [4.69, 9.17) is 9.47 Å². The molecule has 5 heteroatoms. The van der Waals surface area contributed by atoms with Crippen molar-refractivity contribution in [2.45, 2.75) is 58.3 Å². The zero-order valence-electron chi connectivity index (χ0n) is 16.9. The number of ether oxygens (including phenoxy) is 2. The van der Waals surface area contributed by atoms with Gasteiger partial charge in [-0.1, -0.05) is 45.4 Å². The Morgan fingerprint density at radius 3 is 1.79 bits per heavy atom. The average Bonchev–Trinajstić information content (AvgIpc) is 2.73. The minimum absolute atomic E-state index is 0.179. The van der Waals surface area contributed by atoms with Crippen LogP contribution >= 0.6 is 0 Å². The normalized spacial score (nSPS) is 10.9. The van der Waals surface area contributed by atoms with Crippen molar-refractivity contribution in [2.75, 3.05) is 7.11 Å². The zero-order valence-corrected chi connectivity index (χ0v) is 16.9. The lowest BCUT2D eigenvalue weighted by atomic mass is 10.1. The number of rotatable bonds is 12. The van der Waals surface area contributed by atoms with E-state index in [2.05, 4.69) is 17.2 Å². The monoisotopic (exact) mass is 382 g/mol. The standard InChI is InChI=1S/C23H30N2O3/c1-3-4-5-6-7-8-9-10-23(26)28-22-17-13-20(14-18-22)25-24-19-11-15-21(27-2)16-12-19/h11-18H,3-10H2,1-2H3. The van der Waals surface area contributed by atoms with Crippen LogP contribution in [0.25, 0.3) is 0 Å². The second kappa shape index (κ2) is 12.7. The molecule has 28 heavy (non-hydrogen) atoms. The average molecular weight is 383 g/mol. The van der Waals surface area contributed by atoms with E-state index in [0.29, 0.717) is 17.9 Å². The van der Waals surface area contributed by atoms with E-state index in [0.717, 1.165) is 24.3 Å². The SMILES string of the molecule is CCCCCCCCCC(=O)Oc1ccc(N=Nc2ccc(OC)cc2)cc1. The van der Waals surface area contributed by atoms with E-state index in [9.17, 15) is 4.79 Å². The van der Waals surface area contributed by atoms with Gasteiger partial charge in [-0.2, -0.15) is 10.2 Å². The summed E-state index contributed by atoms with van der Waals surface area (Å²) in [4.78, 5) is 11.9. The number of hydrogen-bond acceptors (Lipinski definition) is 5. The number of benzene rings is 2. The molecule has 0 unspecified atom stereocenters. The zero-order chi connectivity index (χ0) is 20.0. The lowest BCUT2D eigenvalue weighted by molar-refractivity contribution is -0.134. The van der Waals surface area contributed by atoms with Gasteiger partial charge in [0, 0.05) is 6.42 Å². The predicted octanol–water partition coefficient (Wildman–Crippen LogP) is 7.16. The van der Waals surface area contributed by atoms with Crippen molar-refractivity contribution in [3.63, 3.8) is 0 Å². The first kappa shape index (κ1) is 21.6. The summed E-state index contributed by atoms with van der Waals surface area (Å²) in [6.45, 7) is 2.21. The quantitative estimate of drug-likeness (QED) is 0.169. The van der Waals surface area contributed by atoms with Crippen LogP contribution < -0.4 is 9.47 Å². The molecule has 5 nitrogen and oxygen atoms in total. The third-order valence-corrected chi connectivity index (χ3v) is 4.41. The van der Waals surface area contributed by atoms with Crippen molar-refractivity contribution in [3.05, 3.63) is 48.5 Å². The van der Waals surface area contributed by atoms with Crippen molar-refractivity contribution in [1.29, 1.82) is 0 Å². The van der Waals surface area contributed by atoms with Crippen molar-refractivity contribution in [1.82, 2.24) is 0 Å². The molecule has 0 heterocycles. The molecule has 0 fully saturated rings. The Morgan fingerprint density at radius 2 is 1.25 bits per heavy atom. The van der Waals surface area contributed by atoms with Crippen molar-refractivity contribution < 1.29 is 14.3 Å². The number of azo groups is 1. The molecule has 0 atom stereocenters. The van der Waals surface area contributed by atoms with Crippen LogP contribution in [0.2, 0.25) is 0 Å². The molecule has 150 valence electrons. The molecule has 0 spiro atoms. The molecule has 0 aliphatic heterocycles. The smallest absolute Gasteiger partial charge is 0.311 e. The maximum absolute atomic E-state index is 11.9. The van der Waals surface area contributed by atoms with Crippen molar-refractivity contribution in [2.24, 2.45) is 10.2 Å². The Kier molecular flexibility index (Phi) is 9.76. The number of carbonyl (C=O) groups is 1. The van der Waals surface area contributed by atoms with Crippen LogP contribution in [0.3, 0.4) is 0 Å². The third-order valence-electron chi connectivity index (χ3n) is 4.41. The number of unbranched alkanes of at least 4 members (excludes halogenated alkanes) is 6. The molecule has 0 radical (unpaired) electrons. The molecule has 0 saturated carbocycles. The Hall–Kier alpha value is -2.69. The molecule has 0 amide bonds. The molecule has 0 saturated heterocycles. The maximum atomic E-state index is 11.9. The van der Waals surface area contributed by atoms with Gasteiger partial charge in [0.15, 0.2) is 0 Å². The van der Waals surface area contributed by atoms with Gasteiger partial charge in [-0.3, -0.25) is 4.79 Å². The highest BCUT2D eigenvalue weighted by molar-refractivity contribution is 5.72. The lowest BCUT2D eigenvalue weighted by Crippen LogP contribution is -2.07. The molecule has 0 aliphatic rings. The second-order valence-corrected chi connectivity index (χ2v) is 6.74. The third kappa shape index (κ3) is 8.33. The summed E-state index contributed by atoms with van der Waals surface area (Å²) in [6.07, 6.45) is 8.75. The number of carbonyl (C=O) groups excluding carboxylic acids is 1. The van der Waals surface area contributed by atoms with Crippen molar-refractivity contribution in [3.8, 4) is 11.5 Å². The number of esters is 1. The van der Waals surface area contributed by atoms with E-state index in [1.54, 1.807) is 31.4 Å². The highest BCUT2D eigenvalue weighted by Gasteiger charge is 2.05. The lowest BCUT2D eigenvalue weighted by Gasteiger charge is -2.04. The van der Waals surface area contributed by atoms with Crippen LogP contribution in [0, 0.1) is 0 Å². The van der Waals surface area contributed by atoms with Crippen molar-refractivity contribution >= 4 is 17.3 Å². The highest BCUT2D eigenvalue weighted by Crippen LogP contribution is 2.23. The van der Waals surface area contributed by atoms with Crippen LogP contribution in [0.5, 0.6) is 11.5 Å². The number of hydrogen-bond donors (Lipinski definition) is 0. The van der Waals surface area contributed by atoms with Crippen LogP contribution in [0.4, 0.5) is 11.4 Å². The van der Waals surface area contributed by atoms with Crippen LogP contribution in [0.15, 0.2) is 58.8 Å². The van der Waals surface area contributed by atoms with E-state index >= 15 is 0 Å². The maximum Gasteiger partial charge on any atom is 0.311 e. The summed E-state index contributed by atoms with van der Waals surface area (Å²) < 4.78 is 10.5. The summed E-state index contributed by atoms with van der Waals surface area (Å²) in [7, 11) is 1.62. The minimum Gasteiger partial charge on any atom is -0.497 e. The molecule has 0 bridgehead atoms. The Balaban J connectivity index is 1.71. The molecule has 0 aromatic heterocycles. The van der Waals surface area contributed by atoms with Gasteiger partial charge >= 0.3 is 5.97 Å². The van der Waals surface area contributed by atoms with Gasteiger partial charge in [-0.15, -0.1) is 0 Å². The second-order valence-electron chi connectivity index (χ2n) is 6.74. The molecule has 0 aliphatic carbocycles. The van der Waals surface area contributed by atoms with E-state index < -0.39 is 0 Å². The molecule has 2 aromatic carbocycles. The van der Waals surface area contributed by atoms with Gasteiger partial charge in [-0.05, 0) is 55.0 Å². The Bertz CT molecular complexity index is 725. The Labute approximate surface area is 167 Å². The van der Waals surface area contributed by atoms with Gasteiger partial charge in [0.1, 0.15) is 11.5 Å². The predicted molar refractivity (Wildman–Crippen MR) is 112 cm³/mol. The first-order valence-corrected chi connectivity index (χ1v) is 10.1. The first-order valence-electron chi connectivity index (χ1n) is 10.1. The first-order chi connectivity index (χ1) is 13.7. The summed E-state index contributed by atoms with van der Waals surface area (Å²) in [6, 6.07) is 14.4. The van der Waals surface area contributed by atoms with Gasteiger partial charge in [0.25, 0.3) is 0 Å². The molecule has 2 rings (SSSR count). The van der Waals surface area contributed by atoms with Gasteiger partial charge < -0.3 is 9.47 Å². The van der Waals surface area contributed by atoms with Crippen LogP contribution in [-0.2, 0) is 4.79 Å². The van der Waals surface area contributed by atoms with Crippen LogP contribution in [-0.4, -0.2) is 13.1 Å². The van der Waals surface area contributed by atoms with Gasteiger partial charge in [-0.25, -0.2) is 0 Å². The van der Waals surface area contributed by atoms with E-state index in [-0.39, 0.29) is 5.97 Å². The minimum atomic E-state index is -0.179. The number of methoxy groups -OCH3 is 1. The fraction of sp³-hybridized carbons (Fsp3) is 0.435. The largest absolute Gasteiger partial charge is 0.497 e. The fourth-order valence-corrected chi connectivity index (χ4v) is 2.75. The van der Waals surface area contributed by atoms with E-state index in [1.807, 2.05) is 24.3 Å². The molecular weight excluding hydrogens is 352 g/mol. The Morgan fingerprint density at radius 1 is 0.750 bits per heavy atom. The molecule has 0 N–H and O–H groups in total. The summed E-state index contributed by atoms with van der Waals surface area (Å²) >= 11 is 0. The molecule has 2 aromatic rings. The summed E-state index contributed by atoms with van der Waals surface area (Å²) in [5, 5.41) is 8.37. The topological polar surface area (TPSA) is 60.2 Å². The summed E-state index contributed by atoms with van der Waals surface area (Å²) in [5.74, 6) is 1.14. The number of nitrogens with zero attached hydrogens (tertiary/aromatic N) is 2. The summed E-state index contributed by atoms with van der Waals surface area (Å²) in [5.41, 5.74) is 1.44. The fourth-order valence-electron chi connectivity index (χ4n) is 2.75. The van der Waals surface area contributed by atoms with Gasteiger partial charge in [0.05, 0.1) is 18.5 Å². The highest BCUT2D eigenvalue weighted by atomic mass is 16.5. The molecular formula is C23H30N2O3.